The average molecular weight is 251 g/mol. The molecule has 0 spiro atoms. The molecule has 0 aliphatic carbocycles. The largest absolute Gasteiger partial charge is 0.484 e. The smallest absolute Gasteiger partial charge is 0.163 e. The Bertz CT molecular complexity index is 578. The van der Waals surface area contributed by atoms with E-state index in [1.807, 2.05) is 48.6 Å². The van der Waals surface area contributed by atoms with Crippen LogP contribution < -0.4 is 0 Å². The summed E-state index contributed by atoms with van der Waals surface area (Å²) in [4.78, 5) is 0. The van der Waals surface area contributed by atoms with Gasteiger partial charge in [-0.05, 0) is 12.2 Å². The van der Waals surface area contributed by atoms with Gasteiger partial charge in [0.2, 0.25) is 0 Å². The van der Waals surface area contributed by atoms with Crippen LogP contribution in [0.2, 0.25) is 0 Å². The van der Waals surface area contributed by atoms with Crippen molar-refractivity contribution in [1.29, 1.82) is 5.26 Å². The van der Waals surface area contributed by atoms with E-state index in [0.29, 0.717) is 17.9 Å². The summed E-state index contributed by atoms with van der Waals surface area (Å²) in [7, 11) is 0. The fourth-order valence-electron chi connectivity index (χ4n) is 1.56. The van der Waals surface area contributed by atoms with Crippen LogP contribution in [-0.4, -0.2) is 6.61 Å². The Hall–Kier alpha value is -2.73. The Morgan fingerprint density at radius 1 is 0.947 bits per heavy atom. The van der Waals surface area contributed by atoms with Crippen molar-refractivity contribution in [1.82, 2.24) is 0 Å². The monoisotopic (exact) mass is 251 g/mol. The van der Waals surface area contributed by atoms with Gasteiger partial charge in [-0.25, -0.2) is 0 Å². The third-order valence-electron chi connectivity index (χ3n) is 2.47. The van der Waals surface area contributed by atoms with Crippen molar-refractivity contribution in [2.24, 2.45) is 0 Å². The van der Waals surface area contributed by atoms with Crippen LogP contribution in [0.5, 0.6) is 0 Å². The molecule has 3 heteroatoms. The van der Waals surface area contributed by atoms with Crippen LogP contribution in [0.4, 0.5) is 0 Å². The minimum Gasteiger partial charge on any atom is -0.484 e. The molecule has 0 aromatic carbocycles. The van der Waals surface area contributed by atoms with Gasteiger partial charge in [-0.1, -0.05) is 42.5 Å². The van der Waals surface area contributed by atoms with E-state index < -0.39 is 0 Å². The first-order valence-corrected chi connectivity index (χ1v) is 5.87. The Labute approximate surface area is 112 Å². The molecule has 0 saturated carbocycles. The topological polar surface area (TPSA) is 42.2 Å². The van der Waals surface area contributed by atoms with Gasteiger partial charge in [0.1, 0.15) is 12.9 Å². The highest BCUT2D eigenvalue weighted by Crippen LogP contribution is 2.25. The summed E-state index contributed by atoms with van der Waals surface area (Å²) in [5.74, 6) is 0.572. The zero-order chi connectivity index (χ0) is 13.3. The second-order valence-corrected chi connectivity index (χ2v) is 3.75. The Kier molecular flexibility index (Phi) is 4.60. The Morgan fingerprint density at radius 3 is 2.37 bits per heavy atom. The lowest BCUT2D eigenvalue weighted by Gasteiger charge is -1.99. The zero-order valence-corrected chi connectivity index (χ0v) is 10.3. The first-order valence-electron chi connectivity index (χ1n) is 5.87. The van der Waals surface area contributed by atoms with E-state index in [0.717, 1.165) is 5.57 Å². The zero-order valence-electron chi connectivity index (χ0n) is 10.3. The summed E-state index contributed by atoms with van der Waals surface area (Å²) in [6.45, 7) is 0.290. The maximum Gasteiger partial charge on any atom is 0.163 e. The Balaban J connectivity index is 2.30. The number of hydrogen-bond acceptors (Lipinski definition) is 3. The van der Waals surface area contributed by atoms with Crippen molar-refractivity contribution in [3.63, 3.8) is 0 Å². The molecule has 0 amide bonds. The summed E-state index contributed by atoms with van der Waals surface area (Å²) < 4.78 is 10.7. The van der Waals surface area contributed by atoms with Crippen molar-refractivity contribution >= 4 is 0 Å². The molecule has 0 radical (unpaired) electrons. The van der Waals surface area contributed by atoms with Crippen LogP contribution in [-0.2, 0) is 9.47 Å². The van der Waals surface area contributed by atoms with Crippen LogP contribution in [0.3, 0.4) is 0 Å². The molecule has 2 heterocycles. The molecule has 0 fully saturated rings. The molecule has 0 N–H and O–H groups in total. The highest BCUT2D eigenvalue weighted by Gasteiger charge is 2.19. The lowest BCUT2D eigenvalue weighted by atomic mass is 10.1. The van der Waals surface area contributed by atoms with Crippen molar-refractivity contribution in [3.05, 3.63) is 84.1 Å². The van der Waals surface area contributed by atoms with Crippen LogP contribution in [0.1, 0.15) is 0 Å². The van der Waals surface area contributed by atoms with Crippen molar-refractivity contribution < 1.29 is 9.47 Å². The van der Waals surface area contributed by atoms with Crippen LogP contribution in [0, 0.1) is 11.3 Å². The molecule has 0 bridgehead atoms. The molecule has 3 nitrogen and oxygen atoms in total. The molecule has 0 aromatic heterocycles. The summed E-state index contributed by atoms with van der Waals surface area (Å²) in [5.41, 5.74) is 1.36. The number of rotatable bonds is 0. The maximum absolute atomic E-state index is 9.03. The van der Waals surface area contributed by atoms with E-state index >= 15 is 0 Å². The molecule has 2 aliphatic heterocycles. The van der Waals surface area contributed by atoms with Crippen LogP contribution in [0.25, 0.3) is 0 Å². The molecule has 2 aliphatic rings. The van der Waals surface area contributed by atoms with Gasteiger partial charge < -0.3 is 9.47 Å². The van der Waals surface area contributed by atoms with Crippen molar-refractivity contribution in [2.75, 3.05) is 6.61 Å². The highest BCUT2D eigenvalue weighted by atomic mass is 16.5. The lowest BCUT2D eigenvalue weighted by Crippen LogP contribution is -1.85. The molecule has 0 saturated heterocycles. The van der Waals surface area contributed by atoms with E-state index in [1.54, 1.807) is 12.3 Å². The van der Waals surface area contributed by atoms with Gasteiger partial charge in [-0.2, -0.15) is 5.26 Å². The van der Waals surface area contributed by atoms with Gasteiger partial charge in [0.25, 0.3) is 0 Å². The van der Waals surface area contributed by atoms with Gasteiger partial charge in [0, 0.05) is 5.57 Å². The second-order valence-electron chi connectivity index (χ2n) is 3.75. The SMILES string of the molecule is N#CC1=C2\C=C/C=C\C=C/C=C\C=C/O/C=C\2OC1. The number of hydrogen-bond donors (Lipinski definition) is 0. The van der Waals surface area contributed by atoms with E-state index in [4.69, 9.17) is 14.7 Å². The van der Waals surface area contributed by atoms with Gasteiger partial charge in [0.05, 0.1) is 17.9 Å². The van der Waals surface area contributed by atoms with E-state index in [2.05, 4.69) is 6.07 Å². The minimum atomic E-state index is 0.290. The average Bonchev–Trinajstić information content (AvgIpc) is 2.82. The normalized spacial score (nSPS) is 29.3. The standard InChI is InChI=1S/C16H13NO2/c17-11-14-12-19-16-13-18-10-8-6-4-2-1-3-5-7-9-15(14)16/h1-10,13H,12H2/b2-1-,5-3-,6-4-,9-7-,10-8-,16-13+. The van der Waals surface area contributed by atoms with Crippen LogP contribution >= 0.6 is 0 Å². The third kappa shape index (κ3) is 3.62. The van der Waals surface area contributed by atoms with Gasteiger partial charge >= 0.3 is 0 Å². The quantitative estimate of drug-likeness (QED) is 0.662. The third-order valence-corrected chi connectivity index (χ3v) is 2.47. The molecular weight excluding hydrogens is 238 g/mol. The fourth-order valence-corrected chi connectivity index (χ4v) is 1.56. The highest BCUT2D eigenvalue weighted by molar-refractivity contribution is 5.49. The molecule has 0 aromatic rings. The number of ether oxygens (including phenoxy) is 2. The molecule has 0 atom stereocenters. The van der Waals surface area contributed by atoms with E-state index in [9.17, 15) is 0 Å². The molecule has 94 valence electrons. The molecule has 0 unspecified atom stereocenters. The van der Waals surface area contributed by atoms with Crippen LogP contribution in [0.15, 0.2) is 84.1 Å². The molecular formula is C16H13NO2. The van der Waals surface area contributed by atoms with Crippen molar-refractivity contribution in [3.8, 4) is 6.07 Å². The molecule has 2 rings (SSSR count). The predicted octanol–water partition coefficient (Wildman–Crippen LogP) is 3.45. The Morgan fingerprint density at radius 2 is 1.63 bits per heavy atom. The lowest BCUT2D eigenvalue weighted by molar-refractivity contribution is 0.252. The number of allylic oxidation sites excluding steroid dienone is 9. The predicted molar refractivity (Wildman–Crippen MR) is 73.5 cm³/mol. The van der Waals surface area contributed by atoms with Gasteiger partial charge in [0.15, 0.2) is 5.76 Å². The summed E-state index contributed by atoms with van der Waals surface area (Å²) in [6.07, 6.45) is 19.9. The number of nitriles is 1. The van der Waals surface area contributed by atoms with E-state index in [-0.39, 0.29) is 0 Å². The van der Waals surface area contributed by atoms with E-state index in [1.165, 1.54) is 6.26 Å². The number of fused-ring (bicyclic) bond motifs is 1. The first-order chi connectivity index (χ1) is 9.42. The minimum absolute atomic E-state index is 0.290. The summed E-state index contributed by atoms with van der Waals surface area (Å²) in [5, 5.41) is 9.03. The summed E-state index contributed by atoms with van der Waals surface area (Å²) in [6, 6.07) is 2.14. The number of nitrogens with zero attached hydrogens (tertiary/aromatic N) is 1. The second kappa shape index (κ2) is 6.87. The molecule has 19 heavy (non-hydrogen) atoms. The summed E-state index contributed by atoms with van der Waals surface area (Å²) >= 11 is 0. The van der Waals surface area contributed by atoms with Gasteiger partial charge in [-0.3, -0.25) is 0 Å². The first kappa shape index (κ1) is 12.7. The van der Waals surface area contributed by atoms with Crippen molar-refractivity contribution in [2.45, 2.75) is 0 Å². The fraction of sp³-hybridized carbons (Fsp3) is 0.0625. The van der Waals surface area contributed by atoms with Gasteiger partial charge in [-0.15, -0.1) is 0 Å². The maximum atomic E-state index is 9.03.